The van der Waals surface area contributed by atoms with Crippen molar-refractivity contribution in [1.29, 1.82) is 0 Å². The van der Waals surface area contributed by atoms with Crippen LogP contribution in [0.25, 0.3) is 0 Å². The van der Waals surface area contributed by atoms with Crippen molar-refractivity contribution in [3.63, 3.8) is 0 Å². The number of aryl methyl sites for hydroxylation is 2. The van der Waals surface area contributed by atoms with Gasteiger partial charge >= 0.3 is 0 Å². The molecular weight excluding hydrogens is 240 g/mol. The van der Waals surface area contributed by atoms with Crippen molar-refractivity contribution in [2.75, 3.05) is 20.1 Å². The van der Waals surface area contributed by atoms with Crippen LogP contribution >= 0.6 is 0 Å². The number of nitrogens with zero attached hydrogens (tertiary/aromatic N) is 3. The molecule has 6 nitrogen and oxygen atoms in total. The molecule has 96 valence electrons. The zero-order valence-corrected chi connectivity index (χ0v) is 11.2. The average molecular weight is 258 g/mol. The Morgan fingerprint density at radius 2 is 2.29 bits per heavy atom. The summed E-state index contributed by atoms with van der Waals surface area (Å²) in [6, 6.07) is 0.0299. The van der Waals surface area contributed by atoms with Gasteiger partial charge in [0.15, 0.2) is 5.03 Å². The molecule has 17 heavy (non-hydrogen) atoms. The Morgan fingerprint density at radius 3 is 2.76 bits per heavy atom. The van der Waals surface area contributed by atoms with E-state index in [1.807, 2.05) is 0 Å². The topological polar surface area (TPSA) is 67.2 Å². The summed E-state index contributed by atoms with van der Waals surface area (Å²) >= 11 is 0. The lowest BCUT2D eigenvalue weighted by molar-refractivity contribution is 0.386. The molecule has 7 heteroatoms. The summed E-state index contributed by atoms with van der Waals surface area (Å²) in [5, 5.41) is 3.29. The van der Waals surface area contributed by atoms with E-state index < -0.39 is 10.0 Å². The van der Waals surface area contributed by atoms with E-state index in [2.05, 4.69) is 10.3 Å². The Kier molecular flexibility index (Phi) is 3.24. The highest BCUT2D eigenvalue weighted by atomic mass is 32.2. The lowest BCUT2D eigenvalue weighted by atomic mass is 10.3. The van der Waals surface area contributed by atoms with Gasteiger partial charge in [0.1, 0.15) is 5.82 Å². The molecule has 2 heterocycles. The summed E-state index contributed by atoms with van der Waals surface area (Å²) in [5.41, 5.74) is 0. The summed E-state index contributed by atoms with van der Waals surface area (Å²) < 4.78 is 27.8. The van der Waals surface area contributed by atoms with Crippen LogP contribution < -0.4 is 5.32 Å². The van der Waals surface area contributed by atoms with E-state index in [0.717, 1.165) is 13.0 Å². The molecule has 2 rings (SSSR count). The summed E-state index contributed by atoms with van der Waals surface area (Å²) in [6.07, 6.45) is 2.41. The zero-order valence-electron chi connectivity index (χ0n) is 10.3. The molecule has 0 unspecified atom stereocenters. The van der Waals surface area contributed by atoms with Crippen LogP contribution in [-0.4, -0.2) is 48.5 Å². The normalized spacial score (nSPS) is 21.3. The van der Waals surface area contributed by atoms with Gasteiger partial charge in [-0.05, 0) is 19.9 Å². The van der Waals surface area contributed by atoms with Gasteiger partial charge in [-0.25, -0.2) is 13.4 Å². The van der Waals surface area contributed by atoms with Crippen LogP contribution in [-0.2, 0) is 17.1 Å². The molecule has 1 aromatic rings. The van der Waals surface area contributed by atoms with Gasteiger partial charge in [-0.2, -0.15) is 4.31 Å². The lowest BCUT2D eigenvalue weighted by Gasteiger charge is -2.21. The van der Waals surface area contributed by atoms with Gasteiger partial charge in [-0.3, -0.25) is 0 Å². The minimum absolute atomic E-state index is 0.0299. The fraction of sp³-hybridized carbons (Fsp3) is 0.700. The SMILES string of the molecule is Cc1nc(S(=O)(=O)N(C)[C@@H]2CCNC2)cn1C. The molecule has 1 saturated heterocycles. The first-order valence-corrected chi connectivity index (χ1v) is 7.05. The fourth-order valence-corrected chi connectivity index (χ4v) is 3.35. The summed E-state index contributed by atoms with van der Waals surface area (Å²) in [5.74, 6) is 0.696. The van der Waals surface area contributed by atoms with E-state index in [1.165, 1.54) is 4.31 Å². The van der Waals surface area contributed by atoms with Crippen LogP contribution in [0.15, 0.2) is 11.2 Å². The molecule has 1 fully saturated rings. The number of imidazole rings is 1. The minimum atomic E-state index is -3.46. The van der Waals surface area contributed by atoms with Crippen molar-refractivity contribution in [3.8, 4) is 0 Å². The number of hydrogen-bond donors (Lipinski definition) is 1. The van der Waals surface area contributed by atoms with E-state index in [9.17, 15) is 8.42 Å². The van der Waals surface area contributed by atoms with Crippen LogP contribution in [0.4, 0.5) is 0 Å². The maximum absolute atomic E-state index is 12.3. The van der Waals surface area contributed by atoms with Crippen LogP contribution in [0.5, 0.6) is 0 Å². The number of likely N-dealkylation sites (N-methyl/N-ethyl adjacent to an activating group) is 1. The van der Waals surface area contributed by atoms with Crippen LogP contribution in [0.3, 0.4) is 0 Å². The smallest absolute Gasteiger partial charge is 0.262 e. The highest BCUT2D eigenvalue weighted by molar-refractivity contribution is 7.89. The second kappa shape index (κ2) is 4.40. The maximum atomic E-state index is 12.3. The molecule has 1 aliphatic heterocycles. The highest BCUT2D eigenvalue weighted by Crippen LogP contribution is 2.18. The molecule has 0 bridgehead atoms. The molecule has 0 aromatic carbocycles. The quantitative estimate of drug-likeness (QED) is 0.809. The van der Waals surface area contributed by atoms with Gasteiger partial charge < -0.3 is 9.88 Å². The standard InChI is InChI=1S/C10H18N4O2S/c1-8-12-10(7-13(8)2)17(15,16)14(3)9-4-5-11-6-9/h7,9,11H,4-6H2,1-3H3/t9-/m1/s1. The first kappa shape index (κ1) is 12.5. The Bertz CT molecular complexity index is 483. The number of sulfonamides is 1. The van der Waals surface area contributed by atoms with Crippen LogP contribution in [0, 0.1) is 6.92 Å². The zero-order chi connectivity index (χ0) is 12.6. The molecule has 1 aromatic heterocycles. The van der Waals surface area contributed by atoms with Crippen LogP contribution in [0.2, 0.25) is 0 Å². The number of aromatic nitrogens is 2. The third-order valence-corrected chi connectivity index (χ3v) is 5.06. The number of nitrogens with one attached hydrogen (secondary N) is 1. The molecule has 0 radical (unpaired) electrons. The molecule has 1 N–H and O–H groups in total. The first-order chi connectivity index (χ1) is 7.93. The maximum Gasteiger partial charge on any atom is 0.262 e. The third-order valence-electron chi connectivity index (χ3n) is 3.28. The van der Waals surface area contributed by atoms with Crippen molar-refractivity contribution in [2.45, 2.75) is 24.4 Å². The van der Waals surface area contributed by atoms with Gasteiger partial charge in [0.2, 0.25) is 0 Å². The van der Waals surface area contributed by atoms with Crippen molar-refractivity contribution in [2.24, 2.45) is 7.05 Å². The van der Waals surface area contributed by atoms with Gasteiger partial charge in [0.25, 0.3) is 10.0 Å². The first-order valence-electron chi connectivity index (χ1n) is 5.61. The van der Waals surface area contributed by atoms with E-state index in [1.54, 1.807) is 31.8 Å². The summed E-state index contributed by atoms with van der Waals surface area (Å²) in [4.78, 5) is 4.09. The number of rotatable bonds is 3. The monoisotopic (exact) mass is 258 g/mol. The van der Waals surface area contributed by atoms with Gasteiger partial charge in [0.05, 0.1) is 0 Å². The Morgan fingerprint density at radius 1 is 1.59 bits per heavy atom. The number of hydrogen-bond acceptors (Lipinski definition) is 4. The Labute approximate surface area is 102 Å². The molecule has 1 aliphatic rings. The Hall–Kier alpha value is -0.920. The second-order valence-corrected chi connectivity index (χ2v) is 6.35. The predicted molar refractivity (Wildman–Crippen MR) is 64.2 cm³/mol. The minimum Gasteiger partial charge on any atom is -0.337 e. The molecule has 0 aliphatic carbocycles. The highest BCUT2D eigenvalue weighted by Gasteiger charge is 2.31. The van der Waals surface area contributed by atoms with Gasteiger partial charge in [0, 0.05) is 32.9 Å². The summed E-state index contributed by atoms with van der Waals surface area (Å²) in [6.45, 7) is 3.36. The summed E-state index contributed by atoms with van der Waals surface area (Å²) in [7, 11) is -0.0505. The largest absolute Gasteiger partial charge is 0.337 e. The molecule has 0 spiro atoms. The average Bonchev–Trinajstić information content (AvgIpc) is 2.88. The van der Waals surface area contributed by atoms with Gasteiger partial charge in [-0.1, -0.05) is 0 Å². The van der Waals surface area contributed by atoms with Crippen molar-refractivity contribution in [3.05, 3.63) is 12.0 Å². The molecule has 0 saturated carbocycles. The van der Waals surface area contributed by atoms with Crippen molar-refractivity contribution in [1.82, 2.24) is 19.2 Å². The third kappa shape index (κ3) is 2.22. The van der Waals surface area contributed by atoms with E-state index in [0.29, 0.717) is 12.4 Å². The van der Waals surface area contributed by atoms with E-state index in [-0.39, 0.29) is 11.1 Å². The lowest BCUT2D eigenvalue weighted by Crippen LogP contribution is -2.38. The predicted octanol–water partition coefficient (Wildman–Crippen LogP) is -0.289. The van der Waals surface area contributed by atoms with E-state index >= 15 is 0 Å². The van der Waals surface area contributed by atoms with Crippen molar-refractivity contribution < 1.29 is 8.42 Å². The van der Waals surface area contributed by atoms with Crippen molar-refractivity contribution >= 4 is 10.0 Å². The van der Waals surface area contributed by atoms with Crippen LogP contribution in [0.1, 0.15) is 12.2 Å². The second-order valence-electron chi connectivity index (χ2n) is 4.41. The molecule has 1 atom stereocenters. The van der Waals surface area contributed by atoms with Gasteiger partial charge in [-0.15, -0.1) is 0 Å². The van der Waals surface area contributed by atoms with E-state index in [4.69, 9.17) is 0 Å². The molecular formula is C10H18N4O2S. The molecule has 0 amide bonds. The fourth-order valence-electron chi connectivity index (χ4n) is 1.94. The Balaban J connectivity index is 2.29.